The standard InChI is InChI=1S/C47H51NO14.C22H22O8/c1-25-31(60-43(56)36(52)35(28-16-10-7-11-17-28)48-41(54)29-18-12-8-13-19-29)23-47(57)40(61-42(55)30-20-14-9-15-21-30)38-45(6,32(51)22-33-46(38,24-58-33)62-27(3)50)39(53)37(59-26(2)49)34(25)44(47,4)5;1-25-16-4-10(5-17(26-2)21(16)27-3)18-11-6-14-15(30-9-29-14)7-12(11)20(23)13-8-28-22(24)19(13)18/h7-21,31-33,35-38,40,51-52,57H,22-24H2,1-6H3,(H,48,54);4-7,13,18-20,23H,8-9H2,1-3H3/t31-,32-,33+,35-,36+,37+,38-,40-,45+,46-,47+;13-,18+,19-,20-/m00/s1. The number of cyclic esters (lactones) is 1. The van der Waals surface area contributed by atoms with Crippen molar-refractivity contribution < 1.29 is 106 Å². The molecular formula is C69H73NO22. The van der Waals surface area contributed by atoms with Crippen LogP contribution in [0.4, 0.5) is 0 Å². The van der Waals surface area contributed by atoms with Crippen LogP contribution >= 0.6 is 0 Å². The monoisotopic (exact) mass is 1270 g/mol. The molecule has 2 bridgehead atoms. The lowest BCUT2D eigenvalue weighted by Crippen LogP contribution is -2.82. The van der Waals surface area contributed by atoms with Gasteiger partial charge in [-0.15, -0.1) is 0 Å². The molecule has 4 fully saturated rings. The quantitative estimate of drug-likeness (QED) is 0.0473. The lowest BCUT2D eigenvalue weighted by Gasteiger charge is -2.67. The minimum atomic E-state index is -2.39. The minimum Gasteiger partial charge on any atom is -0.493 e. The van der Waals surface area contributed by atoms with Gasteiger partial charge in [0.25, 0.3) is 5.91 Å². The summed E-state index contributed by atoms with van der Waals surface area (Å²) in [7, 11) is 4.63. The van der Waals surface area contributed by atoms with Crippen LogP contribution < -0.4 is 29.0 Å². The molecule has 2 saturated heterocycles. The third-order valence-corrected chi connectivity index (χ3v) is 19.7. The van der Waals surface area contributed by atoms with Crippen molar-refractivity contribution in [2.45, 2.75) is 120 Å². The molecule has 486 valence electrons. The SMILES string of the molecule is CC(=O)O[C@H]1C(=O)[C@@]2(C)[C@H]([C@H](OC(=O)c3ccccc3)[C@]3(O)C[C@H](OC(=O)[C@H](O)[C@@H](NC(=O)c4ccccc4)c4ccccc4)C(C)=C1C3(C)C)[C@]1(OC(C)=O)CO[C@@H]1C[C@@H]2O.COc1cc([C@@H]2c3cc4c(cc3[C@H](O)[C@H]3COC(=O)[C@H]23)OCO4)cc(OC)c1OC. The van der Waals surface area contributed by atoms with Crippen molar-refractivity contribution in [2.24, 2.45) is 28.6 Å². The first-order chi connectivity index (χ1) is 43.8. The Balaban J connectivity index is 0.000000239. The molecule has 5 N–H and O–H groups in total. The number of Topliss-reactive ketones (excluding diaryl/α,β-unsaturated/α-hetero) is 1. The largest absolute Gasteiger partial charge is 0.493 e. The lowest BCUT2D eigenvalue weighted by atomic mass is 9.44. The maximum atomic E-state index is 15.5. The van der Waals surface area contributed by atoms with Crippen LogP contribution in [0.15, 0.2) is 126 Å². The van der Waals surface area contributed by atoms with Crippen LogP contribution in [-0.2, 0) is 52.4 Å². The van der Waals surface area contributed by atoms with Gasteiger partial charge in [-0.3, -0.25) is 24.0 Å². The average molecular weight is 1270 g/mol. The molecule has 23 nitrogen and oxygen atoms in total. The number of aliphatic hydroxyl groups excluding tert-OH is 3. The summed E-state index contributed by atoms with van der Waals surface area (Å²) in [4.78, 5) is 96.2. The van der Waals surface area contributed by atoms with Gasteiger partial charge < -0.3 is 77.8 Å². The number of aliphatic hydroxyl groups is 4. The summed E-state index contributed by atoms with van der Waals surface area (Å²) in [5.41, 5.74) is -4.72. The van der Waals surface area contributed by atoms with Crippen LogP contribution in [-0.4, -0.2) is 151 Å². The number of benzene rings is 5. The molecule has 7 aliphatic rings. The van der Waals surface area contributed by atoms with Crippen LogP contribution in [0.3, 0.4) is 0 Å². The molecule has 1 amide bonds. The van der Waals surface area contributed by atoms with Gasteiger partial charge in [-0.2, -0.15) is 0 Å². The van der Waals surface area contributed by atoms with Gasteiger partial charge in [0.15, 0.2) is 46.6 Å². The highest BCUT2D eigenvalue weighted by Crippen LogP contribution is 2.65. The van der Waals surface area contributed by atoms with Gasteiger partial charge in [-0.25, -0.2) is 9.59 Å². The van der Waals surface area contributed by atoms with Crippen molar-refractivity contribution in [3.63, 3.8) is 0 Å². The van der Waals surface area contributed by atoms with Crippen molar-refractivity contribution >= 4 is 41.5 Å². The Bertz CT molecular complexity index is 3720. The fourth-order valence-electron chi connectivity index (χ4n) is 15.0. The number of methoxy groups -OCH3 is 3. The van der Waals surface area contributed by atoms with Crippen LogP contribution in [0, 0.1) is 28.6 Å². The number of hydrogen-bond donors (Lipinski definition) is 5. The maximum Gasteiger partial charge on any atom is 0.338 e. The van der Waals surface area contributed by atoms with E-state index in [-0.39, 0.29) is 66.5 Å². The first kappa shape index (κ1) is 64.7. The number of ketones is 1. The molecule has 12 rings (SSSR count). The smallest absolute Gasteiger partial charge is 0.338 e. The number of carbonyl (C=O) groups excluding carboxylic acids is 7. The van der Waals surface area contributed by atoms with Gasteiger partial charge in [-0.05, 0) is 95.8 Å². The zero-order valence-corrected chi connectivity index (χ0v) is 52.1. The topological polar surface area (TPSA) is 314 Å². The highest BCUT2D eigenvalue weighted by atomic mass is 16.7. The average Bonchev–Trinajstić information content (AvgIpc) is 0.780. The van der Waals surface area contributed by atoms with Gasteiger partial charge in [-0.1, -0.05) is 80.6 Å². The molecule has 2 saturated carbocycles. The first-order valence-corrected chi connectivity index (χ1v) is 30.1. The summed E-state index contributed by atoms with van der Waals surface area (Å²) >= 11 is 0. The molecule has 23 heteroatoms. The van der Waals surface area contributed by atoms with Crippen molar-refractivity contribution in [3.05, 3.63) is 160 Å². The van der Waals surface area contributed by atoms with Gasteiger partial charge in [0.2, 0.25) is 12.5 Å². The Morgan fingerprint density at radius 3 is 1.89 bits per heavy atom. The second-order valence-corrected chi connectivity index (χ2v) is 24.9. The molecule has 5 aromatic carbocycles. The molecule has 92 heavy (non-hydrogen) atoms. The molecule has 5 aromatic rings. The number of carbonyl (C=O) groups is 7. The molecule has 0 radical (unpaired) electrons. The first-order valence-electron chi connectivity index (χ1n) is 30.1. The van der Waals surface area contributed by atoms with E-state index < -0.39 is 125 Å². The summed E-state index contributed by atoms with van der Waals surface area (Å²) in [5.74, 6) is -5.85. The van der Waals surface area contributed by atoms with E-state index in [0.717, 1.165) is 25.0 Å². The van der Waals surface area contributed by atoms with Crippen molar-refractivity contribution in [2.75, 3.05) is 41.3 Å². The fraction of sp³-hybridized carbons (Fsp3) is 0.435. The van der Waals surface area contributed by atoms with Crippen LogP contribution in [0.25, 0.3) is 0 Å². The number of amides is 1. The molecule has 4 aliphatic carbocycles. The Morgan fingerprint density at radius 1 is 0.728 bits per heavy atom. The summed E-state index contributed by atoms with van der Waals surface area (Å²) in [5, 5.41) is 51.3. The fourth-order valence-corrected chi connectivity index (χ4v) is 15.0. The van der Waals surface area contributed by atoms with E-state index in [2.05, 4.69) is 5.32 Å². The number of rotatable bonds is 14. The van der Waals surface area contributed by atoms with E-state index in [1.54, 1.807) is 113 Å². The Labute approximate surface area is 529 Å². The van der Waals surface area contributed by atoms with E-state index in [1.165, 1.54) is 33.1 Å². The Hall–Kier alpha value is -8.87. The molecular weight excluding hydrogens is 1190 g/mol. The van der Waals surface area contributed by atoms with Crippen LogP contribution in [0.1, 0.15) is 115 Å². The highest BCUT2D eigenvalue weighted by molar-refractivity contribution is 5.96. The van der Waals surface area contributed by atoms with Crippen molar-refractivity contribution in [3.8, 4) is 28.7 Å². The van der Waals surface area contributed by atoms with E-state index in [1.807, 2.05) is 18.2 Å². The number of ether oxygens (including phenoxy) is 11. The number of fused-ring (bicyclic) bond motifs is 8. The molecule has 3 aliphatic heterocycles. The molecule has 0 aromatic heterocycles. The van der Waals surface area contributed by atoms with E-state index in [9.17, 15) is 49.2 Å². The summed E-state index contributed by atoms with van der Waals surface area (Å²) in [6, 6.07) is 30.2. The Kier molecular flexibility index (Phi) is 17.5. The molecule has 3 heterocycles. The second kappa shape index (κ2) is 25.0. The van der Waals surface area contributed by atoms with Crippen LogP contribution in [0.5, 0.6) is 28.7 Å². The summed E-state index contributed by atoms with van der Waals surface area (Å²) in [6.45, 7) is 8.26. The van der Waals surface area contributed by atoms with E-state index in [0.29, 0.717) is 39.9 Å². The van der Waals surface area contributed by atoms with Crippen molar-refractivity contribution in [1.29, 1.82) is 0 Å². The lowest BCUT2D eigenvalue weighted by molar-refractivity contribution is -0.346. The second-order valence-electron chi connectivity index (χ2n) is 24.9. The predicted molar refractivity (Wildman–Crippen MR) is 321 cm³/mol. The molecule has 0 spiro atoms. The summed E-state index contributed by atoms with van der Waals surface area (Å²) in [6.07, 6.45) is -11.4. The van der Waals surface area contributed by atoms with Crippen LogP contribution in [0.2, 0.25) is 0 Å². The predicted octanol–water partition coefficient (Wildman–Crippen LogP) is 6.14. The summed E-state index contributed by atoms with van der Waals surface area (Å²) < 4.78 is 63.2. The zero-order valence-electron chi connectivity index (χ0n) is 52.1. The van der Waals surface area contributed by atoms with Gasteiger partial charge in [0.1, 0.15) is 23.9 Å². The number of nitrogens with one attached hydrogen (secondary N) is 1. The van der Waals surface area contributed by atoms with E-state index in [4.69, 9.17) is 52.1 Å². The zero-order chi connectivity index (χ0) is 65.9. The van der Waals surface area contributed by atoms with Gasteiger partial charge in [0.05, 0.1) is 75.6 Å². The molecule has 15 atom stereocenters. The maximum absolute atomic E-state index is 15.5. The van der Waals surface area contributed by atoms with Gasteiger partial charge >= 0.3 is 29.8 Å². The number of esters is 5. The molecule has 0 unspecified atom stereocenters. The number of hydrogen-bond acceptors (Lipinski definition) is 22. The normalized spacial score (nSPS) is 29.9. The highest BCUT2D eigenvalue weighted by Gasteiger charge is 2.78. The van der Waals surface area contributed by atoms with Crippen molar-refractivity contribution in [1.82, 2.24) is 5.32 Å². The minimum absolute atomic E-state index is 0.00289. The van der Waals surface area contributed by atoms with E-state index >= 15 is 4.79 Å². The van der Waals surface area contributed by atoms with Gasteiger partial charge in [0, 0.05) is 49.5 Å². The third kappa shape index (κ3) is 10.8. The Morgan fingerprint density at radius 2 is 1.33 bits per heavy atom. The third-order valence-electron chi connectivity index (χ3n) is 19.7.